The molecule has 26 heavy (non-hydrogen) atoms. The average molecular weight is 371 g/mol. The van der Waals surface area contributed by atoms with Crippen LogP contribution in [0.2, 0.25) is 0 Å². The fourth-order valence-electron chi connectivity index (χ4n) is 3.33. The molecule has 0 N–H and O–H groups in total. The minimum absolute atomic E-state index is 0.0451. The molecule has 0 atom stereocenters. The van der Waals surface area contributed by atoms with Gasteiger partial charge in [0.05, 0.1) is 11.4 Å². The molecular weight excluding hydrogens is 350 g/mol. The van der Waals surface area contributed by atoms with E-state index in [2.05, 4.69) is 15.0 Å². The molecule has 3 heterocycles. The number of anilines is 1. The third-order valence-corrected chi connectivity index (χ3v) is 6.47. The van der Waals surface area contributed by atoms with Crippen LogP contribution >= 0.6 is 0 Å². The Morgan fingerprint density at radius 2 is 1.81 bits per heavy atom. The monoisotopic (exact) mass is 371 g/mol. The summed E-state index contributed by atoms with van der Waals surface area (Å²) in [7, 11) is -3.31. The Hall–Kier alpha value is -2.45. The Morgan fingerprint density at radius 1 is 1.08 bits per heavy atom. The number of fused-ring (bicyclic) bond motifs is 1. The van der Waals surface area contributed by atoms with Crippen molar-refractivity contribution in [1.29, 1.82) is 0 Å². The van der Waals surface area contributed by atoms with E-state index in [1.807, 2.05) is 54.0 Å². The summed E-state index contributed by atoms with van der Waals surface area (Å²) < 4.78 is 28.8. The number of benzene rings is 1. The Labute approximate surface area is 152 Å². The molecule has 0 bridgehead atoms. The highest BCUT2D eigenvalue weighted by Gasteiger charge is 2.28. The lowest BCUT2D eigenvalue weighted by Gasteiger charge is -2.34. The largest absolute Gasteiger partial charge is 0.352 e. The molecule has 3 aromatic rings. The van der Waals surface area contributed by atoms with Crippen LogP contribution in [0.5, 0.6) is 0 Å². The molecule has 1 aliphatic rings. The van der Waals surface area contributed by atoms with Gasteiger partial charge in [-0.25, -0.2) is 17.9 Å². The van der Waals surface area contributed by atoms with Gasteiger partial charge in [0.15, 0.2) is 5.82 Å². The van der Waals surface area contributed by atoms with Crippen molar-refractivity contribution in [3.05, 3.63) is 60.0 Å². The number of sulfonamides is 1. The second-order valence-corrected chi connectivity index (χ2v) is 8.46. The van der Waals surface area contributed by atoms with E-state index in [1.54, 1.807) is 10.5 Å². The number of hydrogen-bond acceptors (Lipinski definition) is 5. The van der Waals surface area contributed by atoms with Crippen molar-refractivity contribution in [2.45, 2.75) is 12.7 Å². The van der Waals surface area contributed by atoms with Gasteiger partial charge in [0.1, 0.15) is 5.52 Å². The third-order valence-electron chi connectivity index (χ3n) is 4.62. The van der Waals surface area contributed by atoms with E-state index in [-0.39, 0.29) is 5.75 Å². The molecule has 1 aromatic carbocycles. The number of aryl methyl sites for hydroxylation is 1. The molecule has 0 spiro atoms. The van der Waals surface area contributed by atoms with Crippen LogP contribution in [0.1, 0.15) is 11.3 Å². The minimum atomic E-state index is -3.31. The maximum Gasteiger partial charge on any atom is 0.218 e. The normalized spacial score (nSPS) is 16.3. The van der Waals surface area contributed by atoms with E-state index in [0.29, 0.717) is 26.2 Å². The van der Waals surface area contributed by atoms with Gasteiger partial charge in [0, 0.05) is 38.6 Å². The van der Waals surface area contributed by atoms with E-state index in [1.165, 1.54) is 0 Å². The first-order valence-corrected chi connectivity index (χ1v) is 10.2. The summed E-state index contributed by atoms with van der Waals surface area (Å²) in [6.07, 6.45) is 3.56. The molecule has 2 aromatic heterocycles. The summed E-state index contributed by atoms with van der Waals surface area (Å²) in [5.74, 6) is 0.900. The lowest BCUT2D eigenvalue weighted by Crippen LogP contribution is -2.49. The zero-order valence-electron chi connectivity index (χ0n) is 14.6. The second kappa shape index (κ2) is 6.69. The van der Waals surface area contributed by atoms with E-state index in [0.717, 1.165) is 22.6 Å². The lowest BCUT2D eigenvalue weighted by molar-refractivity contribution is 0.383. The Bertz CT molecular complexity index is 1010. The van der Waals surface area contributed by atoms with Gasteiger partial charge in [-0.15, -0.1) is 0 Å². The summed E-state index contributed by atoms with van der Waals surface area (Å²) in [6, 6.07) is 11.3. The predicted molar refractivity (Wildman–Crippen MR) is 101 cm³/mol. The zero-order chi connectivity index (χ0) is 18.1. The van der Waals surface area contributed by atoms with E-state index in [9.17, 15) is 8.42 Å². The summed E-state index contributed by atoms with van der Waals surface area (Å²) in [6.45, 7) is 4.11. The number of aromatic nitrogens is 3. The summed E-state index contributed by atoms with van der Waals surface area (Å²) in [5, 5.41) is 4.41. The van der Waals surface area contributed by atoms with Crippen molar-refractivity contribution in [3.63, 3.8) is 0 Å². The molecule has 0 saturated carbocycles. The molecular formula is C18H21N5O2S. The van der Waals surface area contributed by atoms with Crippen LogP contribution in [0.4, 0.5) is 5.82 Å². The first-order chi connectivity index (χ1) is 12.5. The van der Waals surface area contributed by atoms with Crippen LogP contribution in [0.3, 0.4) is 0 Å². The third kappa shape index (κ3) is 3.30. The molecule has 136 valence electrons. The van der Waals surface area contributed by atoms with Crippen LogP contribution in [-0.2, 0) is 15.8 Å². The molecule has 8 heteroatoms. The highest BCUT2D eigenvalue weighted by Crippen LogP contribution is 2.22. The van der Waals surface area contributed by atoms with Gasteiger partial charge in [0.2, 0.25) is 10.0 Å². The van der Waals surface area contributed by atoms with Gasteiger partial charge in [-0.1, -0.05) is 30.3 Å². The van der Waals surface area contributed by atoms with Gasteiger partial charge in [-0.3, -0.25) is 0 Å². The van der Waals surface area contributed by atoms with E-state index < -0.39 is 10.0 Å². The van der Waals surface area contributed by atoms with Gasteiger partial charge < -0.3 is 4.90 Å². The maximum absolute atomic E-state index is 12.7. The summed E-state index contributed by atoms with van der Waals surface area (Å²) in [5.41, 5.74) is 2.70. The highest BCUT2D eigenvalue weighted by molar-refractivity contribution is 7.88. The molecule has 1 saturated heterocycles. The molecule has 0 amide bonds. The second-order valence-electron chi connectivity index (χ2n) is 6.49. The predicted octanol–water partition coefficient (Wildman–Crippen LogP) is 1.69. The zero-order valence-corrected chi connectivity index (χ0v) is 15.4. The van der Waals surface area contributed by atoms with Crippen molar-refractivity contribution in [2.75, 3.05) is 31.1 Å². The Balaban J connectivity index is 1.48. The minimum Gasteiger partial charge on any atom is -0.352 e. The van der Waals surface area contributed by atoms with Crippen LogP contribution in [0, 0.1) is 6.92 Å². The molecule has 0 radical (unpaired) electrons. The smallest absolute Gasteiger partial charge is 0.218 e. The number of rotatable bonds is 4. The number of nitrogens with zero attached hydrogens (tertiary/aromatic N) is 5. The SMILES string of the molecule is Cc1cc2c(N3CCN(S(=O)(=O)Cc4ccccc4)CC3)nccn2n1. The number of piperazine rings is 1. The molecule has 7 nitrogen and oxygen atoms in total. The van der Waals surface area contributed by atoms with Gasteiger partial charge in [-0.2, -0.15) is 9.40 Å². The fourth-order valence-corrected chi connectivity index (χ4v) is 4.84. The number of hydrogen-bond donors (Lipinski definition) is 0. The van der Waals surface area contributed by atoms with Crippen LogP contribution in [0.15, 0.2) is 48.8 Å². The van der Waals surface area contributed by atoms with Crippen molar-refractivity contribution in [2.24, 2.45) is 0 Å². The molecule has 0 aliphatic carbocycles. The van der Waals surface area contributed by atoms with Crippen molar-refractivity contribution in [3.8, 4) is 0 Å². The molecule has 1 fully saturated rings. The van der Waals surface area contributed by atoms with Crippen molar-refractivity contribution < 1.29 is 8.42 Å². The quantitative estimate of drug-likeness (QED) is 0.698. The van der Waals surface area contributed by atoms with E-state index >= 15 is 0 Å². The summed E-state index contributed by atoms with van der Waals surface area (Å²) >= 11 is 0. The fraction of sp³-hybridized carbons (Fsp3) is 0.333. The maximum atomic E-state index is 12.7. The van der Waals surface area contributed by atoms with Crippen LogP contribution in [0.25, 0.3) is 5.52 Å². The first kappa shape index (κ1) is 17.0. The van der Waals surface area contributed by atoms with Gasteiger partial charge in [0.25, 0.3) is 0 Å². The summed E-state index contributed by atoms with van der Waals surface area (Å²) in [4.78, 5) is 6.63. The van der Waals surface area contributed by atoms with Crippen molar-refractivity contribution in [1.82, 2.24) is 18.9 Å². The Kier molecular flexibility index (Phi) is 4.37. The molecule has 4 rings (SSSR count). The van der Waals surface area contributed by atoms with Crippen LogP contribution in [-0.4, -0.2) is 53.5 Å². The molecule has 0 unspecified atom stereocenters. The van der Waals surface area contributed by atoms with E-state index in [4.69, 9.17) is 0 Å². The topological polar surface area (TPSA) is 70.8 Å². The first-order valence-electron chi connectivity index (χ1n) is 8.61. The molecule has 1 aliphatic heterocycles. The highest BCUT2D eigenvalue weighted by atomic mass is 32.2. The van der Waals surface area contributed by atoms with Crippen molar-refractivity contribution >= 4 is 21.4 Å². The lowest BCUT2D eigenvalue weighted by atomic mass is 10.2. The standard InChI is InChI=1S/C18H21N5O2S/c1-15-13-17-18(19-7-8-23(17)20-15)21-9-11-22(12-10-21)26(24,25)14-16-5-3-2-4-6-16/h2-8,13H,9-12,14H2,1H3. The average Bonchev–Trinajstić information content (AvgIpc) is 3.02. The van der Waals surface area contributed by atoms with Crippen LogP contribution < -0.4 is 4.90 Å². The van der Waals surface area contributed by atoms with Gasteiger partial charge in [-0.05, 0) is 18.6 Å². The van der Waals surface area contributed by atoms with Gasteiger partial charge >= 0.3 is 0 Å². The Morgan fingerprint density at radius 3 is 2.54 bits per heavy atom.